The van der Waals surface area contributed by atoms with E-state index in [2.05, 4.69) is 25.7 Å². The maximum absolute atomic E-state index is 5.79. The summed E-state index contributed by atoms with van der Waals surface area (Å²) in [4.78, 5) is 2.55. The Morgan fingerprint density at radius 3 is 2.12 bits per heavy atom. The second kappa shape index (κ2) is 10.1. The molecule has 0 aliphatic heterocycles. The van der Waals surface area contributed by atoms with Crippen molar-refractivity contribution in [1.29, 1.82) is 0 Å². The highest BCUT2D eigenvalue weighted by molar-refractivity contribution is 4.73. The first-order chi connectivity index (χ1) is 7.73. The van der Waals surface area contributed by atoms with Crippen molar-refractivity contribution < 1.29 is 4.74 Å². The van der Waals surface area contributed by atoms with Crippen LogP contribution in [0.4, 0.5) is 0 Å². The van der Waals surface area contributed by atoms with Gasteiger partial charge in [0.2, 0.25) is 0 Å². The molecule has 0 aliphatic carbocycles. The molecule has 98 valence electrons. The molecule has 0 fully saturated rings. The predicted octanol–water partition coefficient (Wildman–Crippen LogP) is 2.11. The first-order valence-corrected chi connectivity index (χ1v) is 6.66. The maximum Gasteiger partial charge on any atom is 0.0589 e. The van der Waals surface area contributed by atoms with E-state index >= 15 is 0 Å². The lowest BCUT2D eigenvalue weighted by atomic mass is 10.0. The molecule has 0 amide bonds. The number of hydrogen-bond acceptors (Lipinski definition) is 3. The lowest BCUT2D eigenvalue weighted by Crippen LogP contribution is -2.41. The summed E-state index contributed by atoms with van der Waals surface area (Å²) in [5, 5.41) is 0. The summed E-state index contributed by atoms with van der Waals surface area (Å²) in [6.07, 6.45) is 3.59. The molecule has 0 rings (SSSR count). The average Bonchev–Trinajstić information content (AvgIpc) is 2.33. The average molecular weight is 230 g/mol. The van der Waals surface area contributed by atoms with Crippen LogP contribution in [0.2, 0.25) is 0 Å². The fourth-order valence-electron chi connectivity index (χ4n) is 2.14. The standard InChI is InChI=1S/C13H30N2O/c1-5-12(10-14)11-15(8-9-16-4)13(6-2)7-3/h12-13H,5-11,14H2,1-4H3. The number of rotatable bonds is 10. The van der Waals surface area contributed by atoms with Gasteiger partial charge in [0, 0.05) is 26.2 Å². The van der Waals surface area contributed by atoms with Gasteiger partial charge in [-0.25, -0.2) is 0 Å². The van der Waals surface area contributed by atoms with Crippen LogP contribution in [0.25, 0.3) is 0 Å². The maximum atomic E-state index is 5.79. The molecule has 0 spiro atoms. The van der Waals surface area contributed by atoms with Crippen LogP contribution >= 0.6 is 0 Å². The summed E-state index contributed by atoms with van der Waals surface area (Å²) in [7, 11) is 1.77. The van der Waals surface area contributed by atoms with Gasteiger partial charge in [-0.15, -0.1) is 0 Å². The molecule has 0 bridgehead atoms. The van der Waals surface area contributed by atoms with Gasteiger partial charge in [0.25, 0.3) is 0 Å². The summed E-state index contributed by atoms with van der Waals surface area (Å²) in [6, 6.07) is 0.677. The van der Waals surface area contributed by atoms with Crippen LogP contribution in [0, 0.1) is 5.92 Å². The van der Waals surface area contributed by atoms with E-state index in [1.807, 2.05) is 0 Å². The molecule has 3 heteroatoms. The van der Waals surface area contributed by atoms with Gasteiger partial charge in [0.15, 0.2) is 0 Å². The van der Waals surface area contributed by atoms with Crippen molar-refractivity contribution >= 4 is 0 Å². The summed E-state index contributed by atoms with van der Waals surface area (Å²) in [5.74, 6) is 0.623. The third kappa shape index (κ3) is 5.83. The topological polar surface area (TPSA) is 38.5 Å². The Hall–Kier alpha value is -0.120. The van der Waals surface area contributed by atoms with Crippen LogP contribution in [0.3, 0.4) is 0 Å². The molecule has 0 aromatic carbocycles. The third-order valence-electron chi connectivity index (χ3n) is 3.44. The number of ether oxygens (including phenoxy) is 1. The molecule has 0 aromatic rings. The summed E-state index contributed by atoms with van der Waals surface area (Å²) < 4.78 is 5.19. The zero-order valence-electron chi connectivity index (χ0n) is 11.5. The lowest BCUT2D eigenvalue weighted by molar-refractivity contribution is 0.101. The van der Waals surface area contributed by atoms with Crippen molar-refractivity contribution in [3.8, 4) is 0 Å². The van der Waals surface area contributed by atoms with Gasteiger partial charge in [-0.05, 0) is 25.3 Å². The smallest absolute Gasteiger partial charge is 0.0589 e. The number of hydrogen-bond donors (Lipinski definition) is 1. The van der Waals surface area contributed by atoms with Crippen molar-refractivity contribution in [3.05, 3.63) is 0 Å². The van der Waals surface area contributed by atoms with Crippen LogP contribution in [0.15, 0.2) is 0 Å². The molecule has 3 nitrogen and oxygen atoms in total. The minimum Gasteiger partial charge on any atom is -0.383 e. The minimum absolute atomic E-state index is 0.623. The molecule has 0 aliphatic rings. The Morgan fingerprint density at radius 1 is 1.12 bits per heavy atom. The molecule has 0 radical (unpaired) electrons. The monoisotopic (exact) mass is 230 g/mol. The second-order valence-corrected chi connectivity index (χ2v) is 4.47. The normalized spacial score (nSPS) is 13.7. The SMILES string of the molecule is CCC(CN)CN(CCOC)C(CC)CC. The van der Waals surface area contributed by atoms with Crippen LogP contribution < -0.4 is 5.73 Å². The quantitative estimate of drug-likeness (QED) is 0.625. The number of methoxy groups -OCH3 is 1. The minimum atomic E-state index is 0.623. The van der Waals surface area contributed by atoms with Crippen molar-refractivity contribution in [2.75, 3.05) is 33.4 Å². The van der Waals surface area contributed by atoms with E-state index < -0.39 is 0 Å². The van der Waals surface area contributed by atoms with Gasteiger partial charge in [-0.2, -0.15) is 0 Å². The lowest BCUT2D eigenvalue weighted by Gasteiger charge is -2.33. The Morgan fingerprint density at radius 2 is 1.75 bits per heavy atom. The zero-order valence-corrected chi connectivity index (χ0v) is 11.5. The molecular formula is C13H30N2O. The fourth-order valence-corrected chi connectivity index (χ4v) is 2.14. The second-order valence-electron chi connectivity index (χ2n) is 4.47. The molecule has 2 N–H and O–H groups in total. The highest BCUT2D eigenvalue weighted by Gasteiger charge is 2.17. The van der Waals surface area contributed by atoms with Crippen LogP contribution in [-0.2, 0) is 4.74 Å². The van der Waals surface area contributed by atoms with Gasteiger partial charge < -0.3 is 10.5 Å². The van der Waals surface area contributed by atoms with Gasteiger partial charge in [-0.3, -0.25) is 4.90 Å². The highest BCUT2D eigenvalue weighted by atomic mass is 16.5. The zero-order chi connectivity index (χ0) is 12.4. The van der Waals surface area contributed by atoms with E-state index in [1.165, 1.54) is 19.3 Å². The molecule has 1 atom stereocenters. The summed E-state index contributed by atoms with van der Waals surface area (Å²) in [5.41, 5.74) is 5.79. The Bertz CT molecular complexity index is 145. The fraction of sp³-hybridized carbons (Fsp3) is 1.00. The summed E-state index contributed by atoms with van der Waals surface area (Å²) in [6.45, 7) is 10.5. The van der Waals surface area contributed by atoms with E-state index in [0.29, 0.717) is 12.0 Å². The third-order valence-corrected chi connectivity index (χ3v) is 3.44. The Balaban J connectivity index is 4.27. The first kappa shape index (κ1) is 15.9. The van der Waals surface area contributed by atoms with Crippen LogP contribution in [0.5, 0.6) is 0 Å². The first-order valence-electron chi connectivity index (χ1n) is 6.66. The predicted molar refractivity (Wildman–Crippen MR) is 70.7 cm³/mol. The van der Waals surface area contributed by atoms with E-state index in [4.69, 9.17) is 10.5 Å². The molecule has 16 heavy (non-hydrogen) atoms. The summed E-state index contributed by atoms with van der Waals surface area (Å²) >= 11 is 0. The Labute approximate surface area is 101 Å². The van der Waals surface area contributed by atoms with Gasteiger partial charge >= 0.3 is 0 Å². The van der Waals surface area contributed by atoms with E-state index in [-0.39, 0.29) is 0 Å². The van der Waals surface area contributed by atoms with Gasteiger partial charge in [0.1, 0.15) is 0 Å². The van der Waals surface area contributed by atoms with Crippen molar-refractivity contribution in [2.24, 2.45) is 11.7 Å². The van der Waals surface area contributed by atoms with Crippen LogP contribution in [0.1, 0.15) is 40.0 Å². The van der Waals surface area contributed by atoms with Crippen LogP contribution in [-0.4, -0.2) is 44.3 Å². The molecule has 1 unspecified atom stereocenters. The number of nitrogens with zero attached hydrogens (tertiary/aromatic N) is 1. The Kier molecular flexibility index (Phi) is 9.99. The molecule has 0 saturated heterocycles. The van der Waals surface area contributed by atoms with Crippen molar-refractivity contribution in [1.82, 2.24) is 4.90 Å². The van der Waals surface area contributed by atoms with E-state index in [9.17, 15) is 0 Å². The van der Waals surface area contributed by atoms with Crippen molar-refractivity contribution in [3.63, 3.8) is 0 Å². The number of nitrogens with two attached hydrogens (primary N) is 1. The molecular weight excluding hydrogens is 200 g/mol. The van der Waals surface area contributed by atoms with E-state index in [1.54, 1.807) is 7.11 Å². The molecule has 0 heterocycles. The van der Waals surface area contributed by atoms with Crippen molar-refractivity contribution in [2.45, 2.75) is 46.1 Å². The molecule has 0 aromatic heterocycles. The highest BCUT2D eigenvalue weighted by Crippen LogP contribution is 2.12. The van der Waals surface area contributed by atoms with E-state index in [0.717, 1.165) is 26.2 Å². The largest absolute Gasteiger partial charge is 0.383 e. The van der Waals surface area contributed by atoms with Gasteiger partial charge in [-0.1, -0.05) is 27.2 Å². The molecule has 0 saturated carbocycles. The van der Waals surface area contributed by atoms with Gasteiger partial charge in [0.05, 0.1) is 6.61 Å².